The van der Waals surface area contributed by atoms with Crippen LogP contribution in [0, 0.1) is 5.95 Å². The highest BCUT2D eigenvalue weighted by atomic mass is 32.1. The number of fused-ring (bicyclic) bond motifs is 1. The van der Waals surface area contributed by atoms with Gasteiger partial charge in [0, 0.05) is 13.2 Å². The monoisotopic (exact) mass is 301 g/mol. The number of carbonyl (C=O) groups is 1. The summed E-state index contributed by atoms with van der Waals surface area (Å²) >= 11 is 1.56. The minimum atomic E-state index is -0.597. The van der Waals surface area contributed by atoms with Crippen LogP contribution >= 0.6 is 11.3 Å². The van der Waals surface area contributed by atoms with Crippen molar-refractivity contribution in [2.45, 2.75) is 6.54 Å². The number of rotatable bonds is 3. The lowest BCUT2D eigenvalue weighted by Gasteiger charge is -2.15. The van der Waals surface area contributed by atoms with Crippen LogP contribution in [0.25, 0.3) is 10.2 Å². The van der Waals surface area contributed by atoms with E-state index in [9.17, 15) is 9.18 Å². The quantitative estimate of drug-likeness (QED) is 0.698. The molecule has 4 nitrogen and oxygen atoms in total. The number of halogens is 1. The lowest BCUT2D eigenvalue weighted by molar-refractivity contribution is 0.0784. The minimum absolute atomic E-state index is 0.207. The van der Waals surface area contributed by atoms with Crippen molar-refractivity contribution in [1.82, 2.24) is 14.9 Å². The largest absolute Gasteiger partial charge is 0.335 e. The number of hydrogen-bond donors (Lipinski definition) is 0. The molecule has 0 fully saturated rings. The Balaban J connectivity index is 1.77. The van der Waals surface area contributed by atoms with Crippen LogP contribution in [0.15, 0.2) is 42.6 Å². The molecular formula is C15H12FN3OS. The van der Waals surface area contributed by atoms with Crippen LogP contribution in [0.5, 0.6) is 0 Å². The van der Waals surface area contributed by atoms with Gasteiger partial charge in [0.2, 0.25) is 5.95 Å². The van der Waals surface area contributed by atoms with Gasteiger partial charge in [0.05, 0.1) is 22.3 Å². The van der Waals surface area contributed by atoms with Gasteiger partial charge in [-0.05, 0) is 24.3 Å². The fourth-order valence-corrected chi connectivity index (χ4v) is 3.01. The Kier molecular flexibility index (Phi) is 3.62. The second kappa shape index (κ2) is 5.57. The fraction of sp³-hybridized carbons (Fsp3) is 0.133. The van der Waals surface area contributed by atoms with Gasteiger partial charge in [0.25, 0.3) is 5.91 Å². The molecule has 1 aromatic carbocycles. The molecule has 106 valence electrons. The average molecular weight is 301 g/mol. The van der Waals surface area contributed by atoms with Crippen LogP contribution in [0.4, 0.5) is 4.39 Å². The number of pyridine rings is 1. The van der Waals surface area contributed by atoms with Gasteiger partial charge in [-0.25, -0.2) is 9.97 Å². The van der Waals surface area contributed by atoms with Crippen LogP contribution in [-0.4, -0.2) is 27.8 Å². The maximum atomic E-state index is 12.8. The van der Waals surface area contributed by atoms with Gasteiger partial charge in [0.15, 0.2) is 0 Å². The molecule has 3 rings (SSSR count). The van der Waals surface area contributed by atoms with E-state index in [2.05, 4.69) is 9.97 Å². The van der Waals surface area contributed by atoms with Crippen molar-refractivity contribution >= 4 is 27.5 Å². The molecule has 0 N–H and O–H groups in total. The summed E-state index contributed by atoms with van der Waals surface area (Å²) in [5.74, 6) is -0.804. The normalized spacial score (nSPS) is 10.8. The molecule has 0 spiro atoms. The summed E-state index contributed by atoms with van der Waals surface area (Å²) in [5, 5.41) is 0.863. The van der Waals surface area contributed by atoms with E-state index in [-0.39, 0.29) is 5.91 Å². The highest BCUT2D eigenvalue weighted by Crippen LogP contribution is 2.22. The van der Waals surface area contributed by atoms with Gasteiger partial charge in [-0.1, -0.05) is 12.1 Å². The van der Waals surface area contributed by atoms with Crippen molar-refractivity contribution in [1.29, 1.82) is 0 Å². The lowest BCUT2D eigenvalue weighted by Crippen LogP contribution is -2.26. The number of amides is 1. The van der Waals surface area contributed by atoms with Crippen molar-refractivity contribution in [3.63, 3.8) is 0 Å². The second-order valence-electron chi connectivity index (χ2n) is 4.61. The Labute approximate surface area is 124 Å². The van der Waals surface area contributed by atoms with E-state index in [1.165, 1.54) is 18.3 Å². The van der Waals surface area contributed by atoms with E-state index in [1.807, 2.05) is 24.3 Å². The van der Waals surface area contributed by atoms with E-state index in [0.29, 0.717) is 12.1 Å². The maximum absolute atomic E-state index is 12.8. The first-order chi connectivity index (χ1) is 10.1. The first-order valence-electron chi connectivity index (χ1n) is 6.35. The number of hydrogen-bond acceptors (Lipinski definition) is 4. The number of nitrogens with zero attached hydrogens (tertiary/aromatic N) is 3. The van der Waals surface area contributed by atoms with Crippen LogP contribution in [-0.2, 0) is 6.54 Å². The summed E-state index contributed by atoms with van der Waals surface area (Å²) in [7, 11) is 1.69. The zero-order valence-electron chi connectivity index (χ0n) is 11.3. The van der Waals surface area contributed by atoms with Gasteiger partial charge in [-0.15, -0.1) is 11.3 Å². The molecule has 0 saturated heterocycles. The molecule has 0 aliphatic heterocycles. The molecule has 0 aliphatic rings. The van der Waals surface area contributed by atoms with Crippen LogP contribution < -0.4 is 0 Å². The van der Waals surface area contributed by atoms with Crippen LogP contribution in [0.2, 0.25) is 0 Å². The predicted molar refractivity (Wildman–Crippen MR) is 79.6 cm³/mol. The second-order valence-corrected chi connectivity index (χ2v) is 5.72. The summed E-state index contributed by atoms with van der Waals surface area (Å²) in [5.41, 5.74) is 1.29. The van der Waals surface area contributed by atoms with Gasteiger partial charge in [-0.3, -0.25) is 4.79 Å². The third kappa shape index (κ3) is 2.90. The lowest BCUT2D eigenvalue weighted by atomic mass is 10.2. The number of aromatic nitrogens is 2. The zero-order valence-corrected chi connectivity index (χ0v) is 12.1. The Morgan fingerprint density at radius 1 is 1.29 bits per heavy atom. The molecule has 0 atom stereocenters. The van der Waals surface area contributed by atoms with E-state index >= 15 is 0 Å². The number of benzene rings is 1. The first kappa shape index (κ1) is 13.6. The minimum Gasteiger partial charge on any atom is -0.335 e. The highest BCUT2D eigenvalue weighted by Gasteiger charge is 2.14. The van der Waals surface area contributed by atoms with E-state index in [4.69, 9.17) is 0 Å². The van der Waals surface area contributed by atoms with Crippen molar-refractivity contribution in [2.24, 2.45) is 0 Å². The molecule has 2 heterocycles. The van der Waals surface area contributed by atoms with Gasteiger partial charge < -0.3 is 4.90 Å². The highest BCUT2D eigenvalue weighted by molar-refractivity contribution is 7.18. The van der Waals surface area contributed by atoms with E-state index in [1.54, 1.807) is 23.3 Å². The zero-order chi connectivity index (χ0) is 14.8. The summed E-state index contributed by atoms with van der Waals surface area (Å²) in [6.45, 7) is 0.412. The topological polar surface area (TPSA) is 46.1 Å². The Bertz CT molecular complexity index is 752. The van der Waals surface area contributed by atoms with Crippen molar-refractivity contribution < 1.29 is 9.18 Å². The summed E-state index contributed by atoms with van der Waals surface area (Å²) in [6, 6.07) is 10.5. The molecule has 0 saturated carbocycles. The Morgan fingerprint density at radius 2 is 2.10 bits per heavy atom. The van der Waals surface area contributed by atoms with Gasteiger partial charge >= 0.3 is 0 Å². The average Bonchev–Trinajstić information content (AvgIpc) is 2.89. The summed E-state index contributed by atoms with van der Waals surface area (Å²) < 4.78 is 13.9. The molecule has 0 aliphatic carbocycles. The Morgan fingerprint density at radius 3 is 2.81 bits per heavy atom. The van der Waals surface area contributed by atoms with Crippen molar-refractivity contribution in [2.75, 3.05) is 7.05 Å². The number of thiazole rings is 1. The van der Waals surface area contributed by atoms with E-state index in [0.717, 1.165) is 15.2 Å². The third-order valence-corrected chi connectivity index (χ3v) is 4.05. The van der Waals surface area contributed by atoms with Gasteiger partial charge in [-0.2, -0.15) is 4.39 Å². The Hall–Kier alpha value is -2.34. The van der Waals surface area contributed by atoms with Crippen molar-refractivity contribution in [3.8, 4) is 0 Å². The standard InChI is InChI=1S/C15H12FN3OS/c1-19(15(20)10-6-7-13(16)17-8-10)9-14-18-11-4-2-3-5-12(11)21-14/h2-8H,9H2,1H3. The maximum Gasteiger partial charge on any atom is 0.255 e. The first-order valence-corrected chi connectivity index (χ1v) is 7.16. The molecule has 6 heteroatoms. The van der Waals surface area contributed by atoms with Gasteiger partial charge in [0.1, 0.15) is 5.01 Å². The molecule has 0 radical (unpaired) electrons. The van der Waals surface area contributed by atoms with E-state index < -0.39 is 5.95 Å². The molecule has 1 amide bonds. The molecule has 0 bridgehead atoms. The fourth-order valence-electron chi connectivity index (χ4n) is 1.98. The summed E-state index contributed by atoms with van der Waals surface area (Å²) in [4.78, 5) is 21.8. The number of para-hydroxylation sites is 1. The molecule has 0 unspecified atom stereocenters. The summed E-state index contributed by atoms with van der Waals surface area (Å²) in [6.07, 6.45) is 1.24. The SMILES string of the molecule is CN(Cc1nc2ccccc2s1)C(=O)c1ccc(F)nc1. The molecule has 3 aromatic rings. The smallest absolute Gasteiger partial charge is 0.255 e. The molecule has 21 heavy (non-hydrogen) atoms. The molecule has 2 aromatic heterocycles. The number of carbonyl (C=O) groups excluding carboxylic acids is 1. The van der Waals surface area contributed by atoms with Crippen LogP contribution in [0.3, 0.4) is 0 Å². The molecular weight excluding hydrogens is 289 g/mol. The van der Waals surface area contributed by atoms with Crippen LogP contribution in [0.1, 0.15) is 15.4 Å². The third-order valence-electron chi connectivity index (χ3n) is 3.03. The van der Waals surface area contributed by atoms with Crippen molar-refractivity contribution in [3.05, 3.63) is 59.1 Å². The predicted octanol–water partition coefficient (Wildman–Crippen LogP) is 3.10.